The molecule has 3 aromatic carbocycles. The van der Waals surface area contributed by atoms with Crippen LogP contribution in [-0.2, 0) is 0 Å². The van der Waals surface area contributed by atoms with Crippen LogP contribution in [0.15, 0.2) is 72.8 Å². The Morgan fingerprint density at radius 1 is 0.727 bits per heavy atom. The summed E-state index contributed by atoms with van der Waals surface area (Å²) in [6.07, 6.45) is 0. The lowest BCUT2D eigenvalue weighted by molar-refractivity contribution is 0.418. The number of ether oxygens (including phenoxy) is 1. The number of nitrogens with zero attached hydrogens (tertiary/aromatic N) is 1. The Bertz CT molecular complexity index is 815. The molecule has 0 bridgehead atoms. The number of hydrogen-bond donors (Lipinski definition) is 0. The molecule has 0 saturated carbocycles. The molecule has 0 radical (unpaired) electrons. The van der Waals surface area contributed by atoms with Gasteiger partial charge in [0, 0.05) is 11.1 Å². The van der Waals surface area contributed by atoms with Crippen molar-refractivity contribution in [2.75, 3.05) is 7.11 Å². The van der Waals surface area contributed by atoms with Gasteiger partial charge in [-0.3, -0.25) is 0 Å². The SMILES string of the molecule is COc1c(-c2ccccc2)cccc1-c1ccc(C#N)cc1. The van der Waals surface area contributed by atoms with Crippen LogP contribution in [0.5, 0.6) is 5.75 Å². The molecule has 22 heavy (non-hydrogen) atoms. The Labute approximate surface area is 130 Å². The lowest BCUT2D eigenvalue weighted by Crippen LogP contribution is -1.92. The normalized spacial score (nSPS) is 10.0. The fraction of sp³-hybridized carbons (Fsp3) is 0.0500. The second-order valence-electron chi connectivity index (χ2n) is 4.94. The summed E-state index contributed by atoms with van der Waals surface area (Å²) in [6, 6.07) is 26.0. The number of para-hydroxylation sites is 1. The van der Waals surface area contributed by atoms with Gasteiger partial charge >= 0.3 is 0 Å². The highest BCUT2D eigenvalue weighted by Gasteiger charge is 2.12. The lowest BCUT2D eigenvalue weighted by Gasteiger charge is -2.14. The summed E-state index contributed by atoms with van der Waals surface area (Å²) in [7, 11) is 1.69. The van der Waals surface area contributed by atoms with Crippen LogP contribution >= 0.6 is 0 Å². The zero-order valence-electron chi connectivity index (χ0n) is 12.3. The van der Waals surface area contributed by atoms with E-state index in [9.17, 15) is 0 Å². The molecule has 0 saturated heterocycles. The second-order valence-corrected chi connectivity index (χ2v) is 4.94. The molecule has 0 N–H and O–H groups in total. The van der Waals surface area contributed by atoms with E-state index >= 15 is 0 Å². The Balaban J connectivity index is 2.14. The van der Waals surface area contributed by atoms with Crippen molar-refractivity contribution in [2.24, 2.45) is 0 Å². The van der Waals surface area contributed by atoms with E-state index in [1.165, 1.54) is 0 Å². The molecule has 2 nitrogen and oxygen atoms in total. The monoisotopic (exact) mass is 285 g/mol. The minimum absolute atomic E-state index is 0.655. The summed E-state index contributed by atoms with van der Waals surface area (Å²) in [5, 5.41) is 8.92. The zero-order chi connectivity index (χ0) is 15.4. The second kappa shape index (κ2) is 6.15. The Morgan fingerprint density at radius 2 is 1.32 bits per heavy atom. The third kappa shape index (κ3) is 2.57. The highest BCUT2D eigenvalue weighted by atomic mass is 16.5. The third-order valence-corrected chi connectivity index (χ3v) is 3.63. The molecule has 0 amide bonds. The van der Waals surface area contributed by atoms with Crippen molar-refractivity contribution in [1.29, 1.82) is 5.26 Å². The van der Waals surface area contributed by atoms with Crippen molar-refractivity contribution in [3.63, 3.8) is 0 Å². The van der Waals surface area contributed by atoms with E-state index in [2.05, 4.69) is 24.3 Å². The van der Waals surface area contributed by atoms with Gasteiger partial charge in [-0.25, -0.2) is 0 Å². The van der Waals surface area contributed by atoms with Crippen LogP contribution in [0.25, 0.3) is 22.3 Å². The molecular weight excluding hydrogens is 270 g/mol. The van der Waals surface area contributed by atoms with Crippen LogP contribution < -0.4 is 4.74 Å². The van der Waals surface area contributed by atoms with E-state index in [1.807, 2.05) is 54.6 Å². The molecule has 0 aliphatic heterocycles. The van der Waals surface area contributed by atoms with Gasteiger partial charge in [-0.2, -0.15) is 5.26 Å². The van der Waals surface area contributed by atoms with Gasteiger partial charge < -0.3 is 4.74 Å². The quantitative estimate of drug-likeness (QED) is 0.685. The van der Waals surface area contributed by atoms with Crippen LogP contribution in [0.2, 0.25) is 0 Å². The first kappa shape index (κ1) is 13.9. The summed E-state index contributed by atoms with van der Waals surface area (Å²) >= 11 is 0. The van der Waals surface area contributed by atoms with Crippen LogP contribution in [0.4, 0.5) is 0 Å². The summed E-state index contributed by atoms with van der Waals surface area (Å²) < 4.78 is 5.68. The maximum Gasteiger partial charge on any atom is 0.134 e. The zero-order valence-corrected chi connectivity index (χ0v) is 12.3. The predicted octanol–water partition coefficient (Wildman–Crippen LogP) is 4.90. The van der Waals surface area contributed by atoms with E-state index < -0.39 is 0 Å². The molecule has 2 heteroatoms. The number of rotatable bonds is 3. The van der Waals surface area contributed by atoms with E-state index in [4.69, 9.17) is 10.00 Å². The molecule has 0 unspecified atom stereocenters. The first-order chi connectivity index (χ1) is 10.8. The van der Waals surface area contributed by atoms with Gasteiger partial charge in [-0.15, -0.1) is 0 Å². The van der Waals surface area contributed by atoms with E-state index in [1.54, 1.807) is 7.11 Å². The minimum Gasteiger partial charge on any atom is -0.495 e. The number of methoxy groups -OCH3 is 1. The Hall–Kier alpha value is -3.05. The van der Waals surface area contributed by atoms with Crippen molar-refractivity contribution in [3.8, 4) is 34.1 Å². The van der Waals surface area contributed by atoms with Crippen LogP contribution in [0.1, 0.15) is 5.56 Å². The average molecular weight is 285 g/mol. The summed E-state index contributed by atoms with van der Waals surface area (Å²) in [5.74, 6) is 0.846. The molecule has 0 aromatic heterocycles. The summed E-state index contributed by atoms with van der Waals surface area (Å²) in [4.78, 5) is 0. The Kier molecular flexibility index (Phi) is 3.89. The van der Waals surface area contributed by atoms with Gasteiger partial charge in [-0.1, -0.05) is 60.7 Å². The van der Waals surface area contributed by atoms with Gasteiger partial charge in [0.2, 0.25) is 0 Å². The molecule has 0 spiro atoms. The number of hydrogen-bond acceptors (Lipinski definition) is 2. The lowest BCUT2D eigenvalue weighted by atomic mass is 9.97. The minimum atomic E-state index is 0.655. The molecule has 0 aliphatic rings. The van der Waals surface area contributed by atoms with Gasteiger partial charge in [0.15, 0.2) is 0 Å². The fourth-order valence-corrected chi connectivity index (χ4v) is 2.55. The molecule has 106 valence electrons. The molecule has 0 heterocycles. The molecular formula is C20H15NO. The maximum absolute atomic E-state index is 8.92. The topological polar surface area (TPSA) is 33.0 Å². The van der Waals surface area contributed by atoms with Gasteiger partial charge in [0.25, 0.3) is 0 Å². The van der Waals surface area contributed by atoms with Crippen molar-refractivity contribution in [3.05, 3.63) is 78.4 Å². The molecule has 0 atom stereocenters. The smallest absolute Gasteiger partial charge is 0.134 e. The number of nitriles is 1. The van der Waals surface area contributed by atoms with Crippen LogP contribution in [0.3, 0.4) is 0 Å². The average Bonchev–Trinajstić information content (AvgIpc) is 2.62. The van der Waals surface area contributed by atoms with E-state index in [-0.39, 0.29) is 0 Å². The van der Waals surface area contributed by atoms with Crippen LogP contribution in [0, 0.1) is 11.3 Å². The number of benzene rings is 3. The largest absolute Gasteiger partial charge is 0.495 e. The van der Waals surface area contributed by atoms with E-state index in [0.29, 0.717) is 5.56 Å². The van der Waals surface area contributed by atoms with E-state index in [0.717, 1.165) is 28.0 Å². The summed E-state index contributed by atoms with van der Waals surface area (Å²) in [6.45, 7) is 0. The predicted molar refractivity (Wildman–Crippen MR) is 88.6 cm³/mol. The molecule has 0 aliphatic carbocycles. The van der Waals surface area contributed by atoms with Crippen molar-refractivity contribution in [1.82, 2.24) is 0 Å². The first-order valence-corrected chi connectivity index (χ1v) is 7.06. The third-order valence-electron chi connectivity index (χ3n) is 3.63. The van der Waals surface area contributed by atoms with Gasteiger partial charge in [0.05, 0.1) is 18.7 Å². The molecule has 3 aromatic rings. The van der Waals surface area contributed by atoms with Crippen molar-refractivity contribution >= 4 is 0 Å². The van der Waals surface area contributed by atoms with Crippen molar-refractivity contribution < 1.29 is 4.74 Å². The molecule has 0 fully saturated rings. The van der Waals surface area contributed by atoms with Crippen molar-refractivity contribution in [2.45, 2.75) is 0 Å². The highest BCUT2D eigenvalue weighted by molar-refractivity contribution is 5.82. The first-order valence-electron chi connectivity index (χ1n) is 7.06. The standard InChI is InChI=1S/C20H15NO/c1-22-20-18(16-6-3-2-4-7-16)8-5-9-19(20)17-12-10-15(14-21)11-13-17/h2-13H,1H3. The highest BCUT2D eigenvalue weighted by Crippen LogP contribution is 2.38. The van der Waals surface area contributed by atoms with Gasteiger partial charge in [0.1, 0.15) is 5.75 Å². The van der Waals surface area contributed by atoms with Crippen LogP contribution in [-0.4, -0.2) is 7.11 Å². The molecule has 3 rings (SSSR count). The maximum atomic E-state index is 8.92. The fourth-order valence-electron chi connectivity index (χ4n) is 2.55. The van der Waals surface area contributed by atoms with Gasteiger partial charge in [-0.05, 0) is 23.3 Å². The summed E-state index contributed by atoms with van der Waals surface area (Å²) in [5.41, 5.74) is 4.89. The Morgan fingerprint density at radius 3 is 1.86 bits per heavy atom.